The minimum Gasteiger partial charge on any atom is -0.490 e. The SMILES string of the molecule is CCOc1cc(C(OC(=O)C(F)(F)F)(Oc2ccc3c(N)nccc3c2)C(=O)N(C)Cc2ccccc2S(=O)(=O)C2CC2)ccc1OC(C)C. The maximum absolute atomic E-state index is 14.7. The van der Waals surface area contributed by atoms with Crippen molar-refractivity contribution in [2.24, 2.45) is 0 Å². The van der Waals surface area contributed by atoms with Gasteiger partial charge >= 0.3 is 23.8 Å². The summed E-state index contributed by atoms with van der Waals surface area (Å²) in [6.45, 7) is 4.88. The fourth-order valence-electron chi connectivity index (χ4n) is 5.33. The van der Waals surface area contributed by atoms with Gasteiger partial charge in [0.1, 0.15) is 11.6 Å². The number of aromatic nitrogens is 1. The molecule has 0 spiro atoms. The minimum atomic E-state index is -5.55. The number of nitrogen functional groups attached to an aromatic ring is 1. The lowest BCUT2D eigenvalue weighted by molar-refractivity contribution is -0.244. The van der Waals surface area contributed by atoms with Gasteiger partial charge < -0.3 is 29.6 Å². The number of likely N-dealkylation sites (N-methyl/N-ethyl adjacent to an activating group) is 1. The summed E-state index contributed by atoms with van der Waals surface area (Å²) in [6.07, 6.45) is -3.50. The molecule has 5 rings (SSSR count). The van der Waals surface area contributed by atoms with Crippen molar-refractivity contribution in [1.29, 1.82) is 0 Å². The second-order valence-corrected chi connectivity index (χ2v) is 14.2. The van der Waals surface area contributed by atoms with Gasteiger partial charge in [0.2, 0.25) is 0 Å². The summed E-state index contributed by atoms with van der Waals surface area (Å²) in [4.78, 5) is 32.4. The first-order chi connectivity index (χ1) is 23.6. The number of anilines is 1. The molecule has 1 saturated carbocycles. The number of amides is 1. The van der Waals surface area contributed by atoms with Crippen molar-refractivity contribution >= 4 is 38.3 Å². The van der Waals surface area contributed by atoms with Crippen LogP contribution in [0.4, 0.5) is 19.0 Å². The first-order valence-corrected chi connectivity index (χ1v) is 17.3. The molecule has 1 heterocycles. The average Bonchev–Trinajstić information content (AvgIpc) is 3.91. The molecule has 1 unspecified atom stereocenters. The topological polar surface area (TPSA) is 147 Å². The monoisotopic (exact) mass is 715 g/mol. The fourth-order valence-corrected chi connectivity index (χ4v) is 7.21. The van der Waals surface area contributed by atoms with E-state index in [1.807, 2.05) is 0 Å². The van der Waals surface area contributed by atoms with Crippen molar-refractivity contribution in [3.63, 3.8) is 0 Å². The lowest BCUT2D eigenvalue weighted by Crippen LogP contribution is -2.53. The fraction of sp³-hybridized carbons (Fsp3) is 0.343. The smallest absolute Gasteiger partial charge is 0.490 e. The van der Waals surface area contributed by atoms with E-state index in [1.54, 1.807) is 32.9 Å². The number of carbonyl (C=O) groups excluding carboxylic acids is 2. The molecule has 266 valence electrons. The van der Waals surface area contributed by atoms with E-state index in [-0.39, 0.29) is 51.8 Å². The number of alkyl halides is 3. The Morgan fingerprint density at radius 2 is 1.74 bits per heavy atom. The molecule has 0 bridgehead atoms. The molecule has 1 aromatic heterocycles. The predicted octanol–water partition coefficient (Wildman–Crippen LogP) is 5.93. The van der Waals surface area contributed by atoms with E-state index in [2.05, 4.69) is 4.98 Å². The number of carbonyl (C=O) groups is 2. The van der Waals surface area contributed by atoms with Gasteiger partial charge in [-0.05, 0) is 93.1 Å². The van der Waals surface area contributed by atoms with Crippen LogP contribution in [0.2, 0.25) is 0 Å². The maximum atomic E-state index is 14.7. The molecule has 1 fully saturated rings. The van der Waals surface area contributed by atoms with E-state index < -0.39 is 45.5 Å². The molecule has 1 atom stereocenters. The van der Waals surface area contributed by atoms with Crippen molar-refractivity contribution in [3.05, 3.63) is 84.1 Å². The molecule has 3 aromatic carbocycles. The predicted molar refractivity (Wildman–Crippen MR) is 177 cm³/mol. The van der Waals surface area contributed by atoms with E-state index in [0.29, 0.717) is 23.6 Å². The Balaban J connectivity index is 1.70. The van der Waals surface area contributed by atoms with Crippen molar-refractivity contribution in [1.82, 2.24) is 9.88 Å². The quantitative estimate of drug-likeness (QED) is 0.130. The van der Waals surface area contributed by atoms with Gasteiger partial charge in [-0.25, -0.2) is 18.2 Å². The van der Waals surface area contributed by atoms with Crippen molar-refractivity contribution in [2.75, 3.05) is 19.4 Å². The number of nitrogens with zero attached hydrogens (tertiary/aromatic N) is 2. The normalized spacial score (nSPS) is 14.6. The molecular weight excluding hydrogens is 679 g/mol. The van der Waals surface area contributed by atoms with Crippen LogP contribution in [0, 0.1) is 0 Å². The molecule has 15 heteroatoms. The van der Waals surface area contributed by atoms with Crippen LogP contribution in [-0.4, -0.2) is 61.4 Å². The second kappa shape index (κ2) is 14.1. The van der Waals surface area contributed by atoms with Gasteiger partial charge in [-0.15, -0.1) is 0 Å². The molecule has 1 aliphatic carbocycles. The highest BCUT2D eigenvalue weighted by Crippen LogP contribution is 2.41. The van der Waals surface area contributed by atoms with Crippen LogP contribution in [0.5, 0.6) is 17.2 Å². The summed E-state index contributed by atoms with van der Waals surface area (Å²) in [5, 5.41) is 0.380. The van der Waals surface area contributed by atoms with Crippen LogP contribution in [-0.2, 0) is 36.5 Å². The molecule has 1 amide bonds. The van der Waals surface area contributed by atoms with E-state index in [9.17, 15) is 31.2 Å². The van der Waals surface area contributed by atoms with Crippen molar-refractivity contribution < 1.29 is 50.1 Å². The van der Waals surface area contributed by atoms with Crippen LogP contribution in [0.3, 0.4) is 0 Å². The Bertz CT molecular complexity index is 2020. The summed E-state index contributed by atoms with van der Waals surface area (Å²) in [6, 6.07) is 15.6. The van der Waals surface area contributed by atoms with Gasteiger partial charge in [-0.2, -0.15) is 13.2 Å². The Hall–Kier alpha value is -5.05. The van der Waals surface area contributed by atoms with Crippen LogP contribution in [0.15, 0.2) is 77.8 Å². The van der Waals surface area contributed by atoms with E-state index in [4.69, 9.17) is 24.7 Å². The lowest BCUT2D eigenvalue weighted by atomic mass is 10.0. The van der Waals surface area contributed by atoms with Crippen LogP contribution < -0.4 is 19.9 Å². The lowest BCUT2D eigenvalue weighted by Gasteiger charge is -2.36. The highest BCUT2D eigenvalue weighted by atomic mass is 32.2. The molecule has 4 aromatic rings. The van der Waals surface area contributed by atoms with Gasteiger partial charge in [-0.1, -0.05) is 18.2 Å². The standard InChI is InChI=1S/C35H36F3N3O8S/c1-5-46-29-19-24(10-15-28(29)47-21(2)3)34(49-33(43)35(36,37)38,48-25-11-14-27-22(18-25)16-17-40-31(27)39)32(42)41(4)20-23-8-6-7-9-30(23)50(44,45)26-12-13-26/h6-11,14-19,21,26H,5,12-13,20H2,1-4H3,(H2,39,40). The summed E-state index contributed by atoms with van der Waals surface area (Å²) >= 11 is 0. The highest BCUT2D eigenvalue weighted by Gasteiger charge is 2.55. The first-order valence-electron chi connectivity index (χ1n) is 15.7. The number of nitrogens with two attached hydrogens (primary N) is 1. The van der Waals surface area contributed by atoms with E-state index in [0.717, 1.165) is 4.90 Å². The average molecular weight is 716 g/mol. The Morgan fingerprint density at radius 3 is 2.40 bits per heavy atom. The number of hydrogen-bond acceptors (Lipinski definition) is 10. The summed E-state index contributed by atoms with van der Waals surface area (Å²) in [5.74, 6) is -6.87. The van der Waals surface area contributed by atoms with Gasteiger partial charge in [0.05, 0.1) is 28.4 Å². The number of rotatable bonds is 13. The van der Waals surface area contributed by atoms with Crippen molar-refractivity contribution in [3.8, 4) is 17.2 Å². The summed E-state index contributed by atoms with van der Waals surface area (Å²) < 4.78 is 91.2. The third kappa shape index (κ3) is 7.57. The third-order valence-electron chi connectivity index (χ3n) is 7.76. The zero-order valence-corrected chi connectivity index (χ0v) is 28.5. The van der Waals surface area contributed by atoms with Crippen LogP contribution in [0.25, 0.3) is 10.8 Å². The van der Waals surface area contributed by atoms with Gasteiger partial charge in [-0.3, -0.25) is 4.79 Å². The Morgan fingerprint density at radius 1 is 1.02 bits per heavy atom. The van der Waals surface area contributed by atoms with Crippen LogP contribution in [0.1, 0.15) is 44.7 Å². The van der Waals surface area contributed by atoms with Crippen molar-refractivity contribution in [2.45, 2.75) is 68.4 Å². The molecule has 11 nitrogen and oxygen atoms in total. The summed E-state index contributed by atoms with van der Waals surface area (Å²) in [5.41, 5.74) is 5.84. The summed E-state index contributed by atoms with van der Waals surface area (Å²) in [7, 11) is -2.51. The van der Waals surface area contributed by atoms with Gasteiger partial charge in [0.15, 0.2) is 21.3 Å². The number of pyridine rings is 1. The first kappa shape index (κ1) is 36.2. The Kier molecular flexibility index (Phi) is 10.2. The van der Waals surface area contributed by atoms with Gasteiger partial charge in [0.25, 0.3) is 0 Å². The molecule has 0 saturated heterocycles. The molecular formula is C35H36F3N3O8S. The Labute approximate surface area is 287 Å². The molecule has 2 N–H and O–H groups in total. The second-order valence-electron chi connectivity index (χ2n) is 12.0. The number of esters is 1. The largest absolute Gasteiger partial charge is 0.491 e. The molecule has 1 aliphatic rings. The highest BCUT2D eigenvalue weighted by molar-refractivity contribution is 7.92. The maximum Gasteiger partial charge on any atom is 0.491 e. The molecule has 0 radical (unpaired) electrons. The minimum absolute atomic E-state index is 0.0181. The number of halogens is 3. The molecule has 0 aliphatic heterocycles. The third-order valence-corrected chi connectivity index (χ3v) is 10.1. The zero-order valence-electron chi connectivity index (χ0n) is 27.7. The van der Waals surface area contributed by atoms with Crippen LogP contribution >= 0.6 is 0 Å². The van der Waals surface area contributed by atoms with E-state index >= 15 is 0 Å². The van der Waals surface area contributed by atoms with E-state index in [1.165, 1.54) is 67.8 Å². The number of fused-ring (bicyclic) bond motifs is 1. The number of ether oxygens (including phenoxy) is 4. The number of sulfone groups is 1. The number of benzene rings is 3. The van der Waals surface area contributed by atoms with Gasteiger partial charge in [0, 0.05) is 25.2 Å². The number of hydrogen-bond donors (Lipinski definition) is 1. The molecule has 50 heavy (non-hydrogen) atoms. The zero-order chi connectivity index (χ0) is 36.4.